The van der Waals surface area contributed by atoms with Crippen molar-refractivity contribution >= 4 is 11.8 Å². The van der Waals surface area contributed by atoms with Crippen molar-refractivity contribution in [3.8, 4) is 11.5 Å². The topological polar surface area (TPSA) is 30.5 Å². The molecule has 2 rings (SSSR count). The van der Waals surface area contributed by atoms with Crippen LogP contribution in [0.15, 0.2) is 11.0 Å². The van der Waals surface area contributed by atoms with Crippen LogP contribution in [-0.2, 0) is 6.42 Å². The van der Waals surface area contributed by atoms with Crippen molar-refractivity contribution in [2.45, 2.75) is 36.6 Å². The summed E-state index contributed by atoms with van der Waals surface area (Å²) < 4.78 is 25.0. The van der Waals surface area contributed by atoms with Gasteiger partial charge < -0.3 is 14.8 Å². The fraction of sp³-hybridized carbons (Fsp3) is 0.600. The van der Waals surface area contributed by atoms with E-state index in [0.29, 0.717) is 22.4 Å². The summed E-state index contributed by atoms with van der Waals surface area (Å²) in [5.41, 5.74) is 0.874. The van der Waals surface area contributed by atoms with Gasteiger partial charge in [-0.3, -0.25) is 0 Å². The first-order valence-corrected chi connectivity index (χ1v) is 8.14. The fourth-order valence-corrected chi connectivity index (χ4v) is 3.37. The van der Waals surface area contributed by atoms with Crippen LogP contribution in [0, 0.1) is 5.82 Å². The summed E-state index contributed by atoms with van der Waals surface area (Å²) in [5.74, 6) is 0.928. The first-order chi connectivity index (χ1) is 9.71. The van der Waals surface area contributed by atoms with Crippen molar-refractivity contribution in [2.24, 2.45) is 0 Å². The summed E-state index contributed by atoms with van der Waals surface area (Å²) in [6, 6.07) is 1.98. The molecule has 112 valence electrons. The molecule has 0 amide bonds. The molecule has 1 aromatic rings. The van der Waals surface area contributed by atoms with E-state index in [0.717, 1.165) is 24.9 Å². The van der Waals surface area contributed by atoms with E-state index in [1.165, 1.54) is 24.6 Å². The number of benzene rings is 1. The predicted molar refractivity (Wildman–Crippen MR) is 80.6 cm³/mol. The third-order valence-corrected chi connectivity index (χ3v) is 4.50. The van der Waals surface area contributed by atoms with Crippen LogP contribution in [0.25, 0.3) is 0 Å². The van der Waals surface area contributed by atoms with Crippen LogP contribution in [0.3, 0.4) is 0 Å². The van der Waals surface area contributed by atoms with E-state index >= 15 is 0 Å². The second-order valence-electron chi connectivity index (χ2n) is 4.97. The van der Waals surface area contributed by atoms with E-state index in [-0.39, 0.29) is 5.82 Å². The standard InChI is InChI=1S/C15H22FNO2S/c1-18-13-10(8-11-6-4-5-7-17-11)9-12(16)15(20-3)14(13)19-2/h9,11,17H,4-8H2,1-3H3. The molecule has 1 saturated heterocycles. The average Bonchev–Trinajstić information content (AvgIpc) is 2.47. The molecule has 0 aromatic heterocycles. The molecule has 1 heterocycles. The van der Waals surface area contributed by atoms with Crippen LogP contribution in [0.2, 0.25) is 0 Å². The number of ether oxygens (including phenoxy) is 2. The van der Waals surface area contributed by atoms with Gasteiger partial charge in [0.15, 0.2) is 11.5 Å². The average molecular weight is 299 g/mol. The van der Waals surface area contributed by atoms with Gasteiger partial charge >= 0.3 is 0 Å². The van der Waals surface area contributed by atoms with Gasteiger partial charge in [0, 0.05) is 11.6 Å². The zero-order valence-corrected chi connectivity index (χ0v) is 13.1. The van der Waals surface area contributed by atoms with Gasteiger partial charge in [0.2, 0.25) is 0 Å². The van der Waals surface area contributed by atoms with Gasteiger partial charge in [-0.25, -0.2) is 4.39 Å². The Balaban J connectivity index is 2.33. The maximum Gasteiger partial charge on any atom is 0.177 e. The Morgan fingerprint density at radius 1 is 1.30 bits per heavy atom. The first kappa shape index (κ1) is 15.4. The number of piperidine rings is 1. The lowest BCUT2D eigenvalue weighted by Gasteiger charge is -2.25. The van der Waals surface area contributed by atoms with E-state index in [1.807, 2.05) is 6.26 Å². The third-order valence-electron chi connectivity index (χ3n) is 3.71. The van der Waals surface area contributed by atoms with Crippen LogP contribution >= 0.6 is 11.8 Å². The fourth-order valence-electron chi connectivity index (χ4n) is 2.76. The normalized spacial score (nSPS) is 18.9. The molecule has 1 aromatic carbocycles. The van der Waals surface area contributed by atoms with Crippen LogP contribution in [0.1, 0.15) is 24.8 Å². The monoisotopic (exact) mass is 299 g/mol. The van der Waals surface area contributed by atoms with Crippen molar-refractivity contribution in [1.82, 2.24) is 5.32 Å². The van der Waals surface area contributed by atoms with Crippen molar-refractivity contribution in [3.05, 3.63) is 17.4 Å². The molecule has 1 atom stereocenters. The highest BCUT2D eigenvalue weighted by atomic mass is 32.2. The third kappa shape index (κ3) is 3.20. The second kappa shape index (κ2) is 7.18. The Morgan fingerprint density at radius 2 is 2.05 bits per heavy atom. The highest BCUT2D eigenvalue weighted by Gasteiger charge is 2.22. The number of rotatable bonds is 5. The highest BCUT2D eigenvalue weighted by Crippen LogP contribution is 2.41. The summed E-state index contributed by atoms with van der Waals surface area (Å²) in [6.07, 6.45) is 6.17. The van der Waals surface area contributed by atoms with E-state index in [4.69, 9.17) is 9.47 Å². The molecule has 1 aliphatic rings. The maximum absolute atomic E-state index is 14.2. The van der Waals surface area contributed by atoms with Gasteiger partial charge in [-0.1, -0.05) is 6.42 Å². The van der Waals surface area contributed by atoms with Gasteiger partial charge in [0.05, 0.1) is 19.1 Å². The Hall–Kier alpha value is -0.940. The molecule has 20 heavy (non-hydrogen) atoms. The lowest BCUT2D eigenvalue weighted by Crippen LogP contribution is -2.35. The summed E-state index contributed by atoms with van der Waals surface area (Å²) >= 11 is 1.34. The van der Waals surface area contributed by atoms with E-state index in [2.05, 4.69) is 5.32 Å². The van der Waals surface area contributed by atoms with E-state index < -0.39 is 0 Å². The Morgan fingerprint density at radius 3 is 2.60 bits per heavy atom. The molecule has 1 N–H and O–H groups in total. The van der Waals surface area contributed by atoms with Crippen molar-refractivity contribution in [2.75, 3.05) is 27.0 Å². The Labute approximate surface area is 124 Å². The molecule has 3 nitrogen and oxygen atoms in total. The summed E-state index contributed by atoms with van der Waals surface area (Å²) in [6.45, 7) is 1.04. The van der Waals surface area contributed by atoms with E-state index in [9.17, 15) is 4.39 Å². The van der Waals surface area contributed by atoms with Gasteiger partial charge in [0.1, 0.15) is 5.82 Å². The zero-order valence-electron chi connectivity index (χ0n) is 12.3. The SMILES string of the molecule is COc1c(CC2CCCCN2)cc(F)c(SC)c1OC. The minimum atomic E-state index is -0.235. The Kier molecular flexibility index (Phi) is 5.54. The number of hydrogen-bond acceptors (Lipinski definition) is 4. The Bertz CT molecular complexity index is 462. The van der Waals surface area contributed by atoms with Gasteiger partial charge in [-0.15, -0.1) is 11.8 Å². The maximum atomic E-state index is 14.2. The van der Waals surface area contributed by atoms with Gasteiger partial charge in [0.25, 0.3) is 0 Å². The molecule has 1 unspecified atom stereocenters. The highest BCUT2D eigenvalue weighted by molar-refractivity contribution is 7.98. The molecular weight excluding hydrogens is 277 g/mol. The summed E-state index contributed by atoms with van der Waals surface area (Å²) in [5, 5.41) is 3.48. The number of hydrogen-bond donors (Lipinski definition) is 1. The number of halogens is 1. The van der Waals surface area contributed by atoms with Crippen LogP contribution in [0.5, 0.6) is 11.5 Å². The molecule has 0 aliphatic carbocycles. The predicted octanol–water partition coefficient (Wildman–Crippen LogP) is 3.25. The first-order valence-electron chi connectivity index (χ1n) is 6.92. The molecule has 0 bridgehead atoms. The van der Waals surface area contributed by atoms with Gasteiger partial charge in [-0.2, -0.15) is 0 Å². The summed E-state index contributed by atoms with van der Waals surface area (Å²) in [7, 11) is 3.16. The number of methoxy groups -OCH3 is 2. The molecule has 0 saturated carbocycles. The van der Waals surface area contributed by atoms with Gasteiger partial charge in [-0.05, 0) is 38.1 Å². The van der Waals surface area contributed by atoms with Crippen LogP contribution < -0.4 is 14.8 Å². The molecule has 1 fully saturated rings. The van der Waals surface area contributed by atoms with Crippen LogP contribution in [-0.4, -0.2) is 33.1 Å². The van der Waals surface area contributed by atoms with Crippen molar-refractivity contribution in [1.29, 1.82) is 0 Å². The number of nitrogens with one attached hydrogen (secondary N) is 1. The van der Waals surface area contributed by atoms with Crippen molar-refractivity contribution < 1.29 is 13.9 Å². The molecular formula is C15H22FNO2S. The zero-order chi connectivity index (χ0) is 14.5. The largest absolute Gasteiger partial charge is 0.493 e. The van der Waals surface area contributed by atoms with Crippen LogP contribution in [0.4, 0.5) is 4.39 Å². The smallest absolute Gasteiger partial charge is 0.177 e. The molecule has 5 heteroatoms. The van der Waals surface area contributed by atoms with Crippen molar-refractivity contribution in [3.63, 3.8) is 0 Å². The quantitative estimate of drug-likeness (QED) is 0.846. The molecule has 0 radical (unpaired) electrons. The minimum Gasteiger partial charge on any atom is -0.493 e. The lowest BCUT2D eigenvalue weighted by molar-refractivity contribution is 0.334. The molecule has 1 aliphatic heterocycles. The lowest BCUT2D eigenvalue weighted by atomic mass is 9.97. The molecule has 0 spiro atoms. The second-order valence-corrected chi connectivity index (χ2v) is 5.78. The summed E-state index contributed by atoms with van der Waals surface area (Å²) in [4.78, 5) is 0.504. The minimum absolute atomic E-state index is 0.235. The van der Waals surface area contributed by atoms with E-state index in [1.54, 1.807) is 20.3 Å². The number of thioether (sulfide) groups is 1.